The van der Waals surface area contributed by atoms with Crippen LogP contribution in [0.2, 0.25) is 0 Å². The molecule has 0 spiro atoms. The number of thioether (sulfide) groups is 1. The molecule has 1 aromatic heterocycles. The standard InChI is InChI=1S/C24H20N4O4S/c1-32-23(31)19-9-5-6-10-20(19)25-21(30)15-33-24-27-26-22(16-11-13-18(29)14-12-16)28(24)17-7-3-2-4-8-17/h2-14,29H,15H2,1H3,(H,25,30). The lowest BCUT2D eigenvalue weighted by Gasteiger charge is -2.11. The van der Waals surface area contributed by atoms with Crippen LogP contribution in [0.4, 0.5) is 5.69 Å². The van der Waals surface area contributed by atoms with Crippen LogP contribution in [0.15, 0.2) is 84.0 Å². The van der Waals surface area contributed by atoms with Gasteiger partial charge in [-0.05, 0) is 48.5 Å². The van der Waals surface area contributed by atoms with Crippen LogP contribution < -0.4 is 5.32 Å². The third kappa shape index (κ3) is 5.04. The Morgan fingerprint density at radius 3 is 2.39 bits per heavy atom. The number of aromatic nitrogens is 3. The van der Waals surface area contributed by atoms with E-state index in [4.69, 9.17) is 4.74 Å². The quantitative estimate of drug-likeness (QED) is 0.315. The molecule has 33 heavy (non-hydrogen) atoms. The van der Waals surface area contributed by atoms with Crippen LogP contribution in [0, 0.1) is 0 Å². The van der Waals surface area contributed by atoms with E-state index >= 15 is 0 Å². The number of esters is 1. The van der Waals surface area contributed by atoms with E-state index in [1.807, 2.05) is 34.9 Å². The number of methoxy groups -OCH3 is 1. The molecule has 4 rings (SSSR count). The van der Waals surface area contributed by atoms with Crippen LogP contribution >= 0.6 is 11.8 Å². The summed E-state index contributed by atoms with van der Waals surface area (Å²) in [6.45, 7) is 0. The summed E-state index contributed by atoms with van der Waals surface area (Å²) in [5.74, 6) is -0.0370. The topological polar surface area (TPSA) is 106 Å². The first-order valence-corrected chi connectivity index (χ1v) is 11.0. The average Bonchev–Trinajstić information content (AvgIpc) is 3.27. The second kappa shape index (κ2) is 10.0. The van der Waals surface area contributed by atoms with Crippen LogP contribution in [0.5, 0.6) is 5.75 Å². The van der Waals surface area contributed by atoms with Crippen molar-refractivity contribution in [3.63, 3.8) is 0 Å². The van der Waals surface area contributed by atoms with Crippen molar-refractivity contribution in [2.45, 2.75) is 5.16 Å². The van der Waals surface area contributed by atoms with Gasteiger partial charge in [0, 0.05) is 11.3 Å². The van der Waals surface area contributed by atoms with Crippen molar-refractivity contribution in [1.29, 1.82) is 0 Å². The second-order valence-electron chi connectivity index (χ2n) is 6.90. The number of amides is 1. The van der Waals surface area contributed by atoms with E-state index in [9.17, 15) is 14.7 Å². The number of aromatic hydroxyl groups is 1. The van der Waals surface area contributed by atoms with E-state index in [1.165, 1.54) is 18.9 Å². The molecule has 0 aliphatic carbocycles. The molecule has 0 radical (unpaired) electrons. The van der Waals surface area contributed by atoms with E-state index in [-0.39, 0.29) is 23.0 Å². The number of nitrogens with one attached hydrogen (secondary N) is 1. The molecule has 0 bridgehead atoms. The molecule has 2 N–H and O–H groups in total. The zero-order chi connectivity index (χ0) is 23.2. The summed E-state index contributed by atoms with van der Waals surface area (Å²) in [6, 6.07) is 22.9. The number of ether oxygens (including phenoxy) is 1. The van der Waals surface area contributed by atoms with Gasteiger partial charge in [0.25, 0.3) is 0 Å². The monoisotopic (exact) mass is 460 g/mol. The van der Waals surface area contributed by atoms with Gasteiger partial charge in [0.15, 0.2) is 11.0 Å². The Labute approximate surface area is 194 Å². The van der Waals surface area contributed by atoms with Gasteiger partial charge in [-0.25, -0.2) is 4.79 Å². The second-order valence-corrected chi connectivity index (χ2v) is 7.84. The van der Waals surface area contributed by atoms with E-state index in [2.05, 4.69) is 15.5 Å². The lowest BCUT2D eigenvalue weighted by atomic mass is 10.2. The minimum atomic E-state index is -0.527. The number of rotatable bonds is 7. The Balaban J connectivity index is 1.57. The number of phenols is 1. The molecule has 1 heterocycles. The molecule has 0 unspecified atom stereocenters. The number of hydrogen-bond acceptors (Lipinski definition) is 7. The number of carbonyl (C=O) groups is 2. The number of para-hydroxylation sites is 2. The fourth-order valence-electron chi connectivity index (χ4n) is 3.17. The highest BCUT2D eigenvalue weighted by Crippen LogP contribution is 2.29. The molecule has 0 fully saturated rings. The van der Waals surface area contributed by atoms with Crippen LogP contribution in [0.1, 0.15) is 10.4 Å². The Morgan fingerprint density at radius 1 is 0.970 bits per heavy atom. The molecule has 9 heteroatoms. The number of nitrogens with zero attached hydrogens (tertiary/aromatic N) is 3. The SMILES string of the molecule is COC(=O)c1ccccc1NC(=O)CSc1nnc(-c2ccc(O)cc2)n1-c1ccccc1. The first kappa shape index (κ1) is 22.1. The molecule has 0 aliphatic heterocycles. The van der Waals surface area contributed by atoms with E-state index < -0.39 is 5.97 Å². The molecule has 0 aliphatic rings. The Morgan fingerprint density at radius 2 is 1.67 bits per heavy atom. The Kier molecular flexibility index (Phi) is 6.70. The van der Waals surface area contributed by atoms with Gasteiger partial charge in [0.2, 0.25) is 5.91 Å². The zero-order valence-corrected chi connectivity index (χ0v) is 18.5. The first-order chi connectivity index (χ1) is 16.1. The molecule has 1 amide bonds. The van der Waals surface area contributed by atoms with Gasteiger partial charge < -0.3 is 15.2 Å². The molecule has 8 nitrogen and oxygen atoms in total. The zero-order valence-electron chi connectivity index (χ0n) is 17.6. The number of hydrogen-bond donors (Lipinski definition) is 2. The normalized spacial score (nSPS) is 10.6. The summed E-state index contributed by atoms with van der Waals surface area (Å²) in [4.78, 5) is 24.6. The fourth-order valence-corrected chi connectivity index (χ4v) is 3.92. The van der Waals surface area contributed by atoms with Crippen LogP contribution in [0.3, 0.4) is 0 Å². The summed E-state index contributed by atoms with van der Waals surface area (Å²) in [5, 5.41) is 21.5. The average molecular weight is 461 g/mol. The molecule has 0 saturated heterocycles. The highest BCUT2D eigenvalue weighted by molar-refractivity contribution is 7.99. The van der Waals surface area contributed by atoms with Crippen LogP contribution in [0.25, 0.3) is 17.1 Å². The van der Waals surface area contributed by atoms with E-state index in [0.29, 0.717) is 16.7 Å². The van der Waals surface area contributed by atoms with Gasteiger partial charge in [-0.2, -0.15) is 0 Å². The summed E-state index contributed by atoms with van der Waals surface area (Å²) in [5.41, 5.74) is 2.27. The minimum Gasteiger partial charge on any atom is -0.508 e. The number of benzene rings is 3. The lowest BCUT2D eigenvalue weighted by Crippen LogP contribution is -2.17. The largest absolute Gasteiger partial charge is 0.508 e. The van der Waals surface area contributed by atoms with Gasteiger partial charge in [0.05, 0.1) is 24.1 Å². The maximum atomic E-state index is 12.6. The Bertz CT molecular complexity index is 1270. The highest BCUT2D eigenvalue weighted by atomic mass is 32.2. The molecular weight excluding hydrogens is 440 g/mol. The third-order valence-corrected chi connectivity index (χ3v) is 5.64. The molecule has 3 aromatic carbocycles. The summed E-state index contributed by atoms with van der Waals surface area (Å²) >= 11 is 1.22. The maximum absolute atomic E-state index is 12.6. The van der Waals surface area contributed by atoms with E-state index in [0.717, 1.165) is 11.3 Å². The Hall–Kier alpha value is -4.11. The molecular formula is C24H20N4O4S. The van der Waals surface area contributed by atoms with Gasteiger partial charge >= 0.3 is 5.97 Å². The van der Waals surface area contributed by atoms with Crippen molar-refractivity contribution in [1.82, 2.24) is 14.8 Å². The molecule has 4 aromatic rings. The van der Waals surface area contributed by atoms with Gasteiger partial charge in [0.1, 0.15) is 5.75 Å². The van der Waals surface area contributed by atoms with Crippen molar-refractivity contribution >= 4 is 29.3 Å². The van der Waals surface area contributed by atoms with Crippen molar-refractivity contribution < 1.29 is 19.4 Å². The predicted molar refractivity (Wildman–Crippen MR) is 126 cm³/mol. The maximum Gasteiger partial charge on any atom is 0.339 e. The minimum absolute atomic E-state index is 0.0516. The van der Waals surface area contributed by atoms with E-state index in [1.54, 1.807) is 48.5 Å². The number of phenolic OH excluding ortho intramolecular Hbond substituents is 1. The first-order valence-electron chi connectivity index (χ1n) is 9.97. The third-order valence-electron chi connectivity index (χ3n) is 4.71. The smallest absolute Gasteiger partial charge is 0.339 e. The van der Waals surface area contributed by atoms with Crippen LogP contribution in [-0.4, -0.2) is 44.6 Å². The van der Waals surface area contributed by atoms with Crippen LogP contribution in [-0.2, 0) is 9.53 Å². The number of anilines is 1. The molecule has 0 saturated carbocycles. The molecule has 166 valence electrons. The van der Waals surface area contributed by atoms with Crippen molar-refractivity contribution in [2.75, 3.05) is 18.2 Å². The lowest BCUT2D eigenvalue weighted by molar-refractivity contribution is -0.113. The summed E-state index contributed by atoms with van der Waals surface area (Å²) in [6.07, 6.45) is 0. The van der Waals surface area contributed by atoms with Gasteiger partial charge in [-0.3, -0.25) is 9.36 Å². The molecule has 0 atom stereocenters. The van der Waals surface area contributed by atoms with Crippen molar-refractivity contribution in [3.8, 4) is 22.8 Å². The van der Waals surface area contributed by atoms with Crippen molar-refractivity contribution in [2.24, 2.45) is 0 Å². The fraction of sp³-hybridized carbons (Fsp3) is 0.0833. The highest BCUT2D eigenvalue weighted by Gasteiger charge is 2.18. The predicted octanol–water partition coefficient (Wildman–Crippen LogP) is 4.16. The summed E-state index contributed by atoms with van der Waals surface area (Å²) < 4.78 is 6.63. The summed E-state index contributed by atoms with van der Waals surface area (Å²) in [7, 11) is 1.29. The van der Waals surface area contributed by atoms with Gasteiger partial charge in [-0.15, -0.1) is 10.2 Å². The van der Waals surface area contributed by atoms with Crippen molar-refractivity contribution in [3.05, 3.63) is 84.4 Å². The van der Waals surface area contributed by atoms with Gasteiger partial charge in [-0.1, -0.05) is 42.1 Å². The number of carbonyl (C=O) groups excluding carboxylic acids is 2.